The summed E-state index contributed by atoms with van der Waals surface area (Å²) in [6.07, 6.45) is 2.40. The van der Waals surface area contributed by atoms with Crippen molar-refractivity contribution in [1.29, 1.82) is 0 Å². The minimum atomic E-state index is 0.885. The maximum Gasteiger partial charge on any atom is 0.203 e. The molecule has 1 aliphatic rings. The fourth-order valence-electron chi connectivity index (χ4n) is 3.21. The SMILES string of the molecule is C(#Cc1ccccc1N=C(Nc1ccccc1)N1CCCC1)c1ccccc1. The Hall–Kier alpha value is -3.51. The van der Waals surface area contributed by atoms with Crippen molar-refractivity contribution in [2.24, 2.45) is 4.99 Å². The molecule has 3 aromatic rings. The van der Waals surface area contributed by atoms with E-state index in [1.54, 1.807) is 0 Å². The summed E-state index contributed by atoms with van der Waals surface area (Å²) < 4.78 is 0. The van der Waals surface area contributed by atoms with Crippen LogP contribution in [-0.4, -0.2) is 23.9 Å². The lowest BCUT2D eigenvalue weighted by atomic mass is 10.1. The zero-order valence-electron chi connectivity index (χ0n) is 15.8. The molecule has 138 valence electrons. The largest absolute Gasteiger partial charge is 0.342 e. The summed E-state index contributed by atoms with van der Waals surface area (Å²) in [6.45, 7) is 2.05. The average molecular weight is 365 g/mol. The number of hydrogen-bond donors (Lipinski definition) is 1. The Balaban J connectivity index is 1.67. The first-order chi connectivity index (χ1) is 13.9. The molecule has 3 aromatic carbocycles. The lowest BCUT2D eigenvalue weighted by molar-refractivity contribution is 0.518. The number of hydrogen-bond acceptors (Lipinski definition) is 1. The van der Waals surface area contributed by atoms with Gasteiger partial charge in [-0.15, -0.1) is 0 Å². The summed E-state index contributed by atoms with van der Waals surface area (Å²) in [7, 11) is 0. The first-order valence-electron chi connectivity index (χ1n) is 9.70. The van der Waals surface area contributed by atoms with Gasteiger partial charge in [0.2, 0.25) is 5.96 Å². The van der Waals surface area contributed by atoms with Crippen molar-refractivity contribution in [1.82, 2.24) is 4.90 Å². The molecule has 28 heavy (non-hydrogen) atoms. The molecule has 1 N–H and O–H groups in total. The van der Waals surface area contributed by atoms with Gasteiger partial charge in [-0.2, -0.15) is 0 Å². The van der Waals surface area contributed by atoms with Crippen LogP contribution in [0.5, 0.6) is 0 Å². The molecule has 3 nitrogen and oxygen atoms in total. The van der Waals surface area contributed by atoms with Gasteiger partial charge in [0, 0.05) is 24.3 Å². The van der Waals surface area contributed by atoms with Gasteiger partial charge < -0.3 is 10.2 Å². The first kappa shape index (κ1) is 17.9. The molecular formula is C25H23N3. The van der Waals surface area contributed by atoms with Gasteiger partial charge in [-0.25, -0.2) is 4.99 Å². The van der Waals surface area contributed by atoms with Crippen molar-refractivity contribution in [2.75, 3.05) is 18.4 Å². The Morgan fingerprint density at radius 3 is 2.14 bits per heavy atom. The maximum absolute atomic E-state index is 4.98. The summed E-state index contributed by atoms with van der Waals surface area (Å²) in [5.74, 6) is 7.41. The monoisotopic (exact) mass is 365 g/mol. The second-order valence-electron chi connectivity index (χ2n) is 6.75. The number of aliphatic imine (C=N–C) groups is 1. The highest BCUT2D eigenvalue weighted by atomic mass is 15.3. The maximum atomic E-state index is 4.98. The molecule has 1 aliphatic heterocycles. The van der Waals surface area contributed by atoms with E-state index in [1.807, 2.05) is 72.8 Å². The zero-order valence-corrected chi connectivity index (χ0v) is 15.8. The van der Waals surface area contributed by atoms with E-state index < -0.39 is 0 Å². The Morgan fingerprint density at radius 2 is 1.39 bits per heavy atom. The number of likely N-dealkylation sites (tertiary alicyclic amines) is 1. The van der Waals surface area contributed by atoms with Crippen LogP contribution in [0.25, 0.3) is 0 Å². The molecule has 0 amide bonds. The van der Waals surface area contributed by atoms with Crippen LogP contribution < -0.4 is 5.32 Å². The van der Waals surface area contributed by atoms with E-state index in [1.165, 1.54) is 12.8 Å². The second kappa shape index (κ2) is 8.92. The van der Waals surface area contributed by atoms with Crippen LogP contribution in [0.3, 0.4) is 0 Å². The van der Waals surface area contributed by atoms with E-state index in [4.69, 9.17) is 4.99 Å². The molecule has 1 fully saturated rings. The number of anilines is 1. The third kappa shape index (κ3) is 4.61. The molecule has 1 saturated heterocycles. The predicted octanol–water partition coefficient (Wildman–Crippen LogP) is 5.28. The lowest BCUT2D eigenvalue weighted by Crippen LogP contribution is -2.33. The van der Waals surface area contributed by atoms with Gasteiger partial charge in [0.25, 0.3) is 0 Å². The second-order valence-corrected chi connectivity index (χ2v) is 6.75. The van der Waals surface area contributed by atoms with Crippen molar-refractivity contribution < 1.29 is 0 Å². The third-order valence-electron chi connectivity index (χ3n) is 4.68. The van der Waals surface area contributed by atoms with E-state index in [0.717, 1.165) is 41.6 Å². The Kier molecular flexibility index (Phi) is 5.70. The van der Waals surface area contributed by atoms with Crippen LogP contribution in [0.2, 0.25) is 0 Å². The quantitative estimate of drug-likeness (QED) is 0.380. The number of nitrogens with zero attached hydrogens (tertiary/aromatic N) is 2. The van der Waals surface area contributed by atoms with Crippen LogP contribution in [0.4, 0.5) is 11.4 Å². The van der Waals surface area contributed by atoms with Crippen molar-refractivity contribution in [3.8, 4) is 11.8 Å². The van der Waals surface area contributed by atoms with Crippen molar-refractivity contribution >= 4 is 17.3 Å². The summed E-state index contributed by atoms with van der Waals surface area (Å²) in [4.78, 5) is 7.29. The Morgan fingerprint density at radius 1 is 0.750 bits per heavy atom. The highest BCUT2D eigenvalue weighted by Gasteiger charge is 2.17. The number of rotatable bonds is 2. The van der Waals surface area contributed by atoms with Crippen LogP contribution in [-0.2, 0) is 0 Å². The van der Waals surface area contributed by atoms with Crippen molar-refractivity contribution in [3.63, 3.8) is 0 Å². The minimum absolute atomic E-state index is 0.885. The number of para-hydroxylation sites is 2. The molecule has 0 spiro atoms. The van der Waals surface area contributed by atoms with Gasteiger partial charge in [-0.1, -0.05) is 60.4 Å². The predicted molar refractivity (Wildman–Crippen MR) is 117 cm³/mol. The highest BCUT2D eigenvalue weighted by Crippen LogP contribution is 2.21. The number of nitrogens with one attached hydrogen (secondary N) is 1. The van der Waals surface area contributed by atoms with Crippen LogP contribution in [0.1, 0.15) is 24.0 Å². The van der Waals surface area contributed by atoms with E-state index in [9.17, 15) is 0 Å². The Bertz CT molecular complexity index is 992. The molecule has 0 atom stereocenters. The molecule has 0 aliphatic carbocycles. The molecule has 0 radical (unpaired) electrons. The van der Waals surface area contributed by atoms with Crippen molar-refractivity contribution in [3.05, 3.63) is 96.1 Å². The average Bonchev–Trinajstić information content (AvgIpc) is 3.29. The van der Waals surface area contributed by atoms with Gasteiger partial charge in [0.05, 0.1) is 11.3 Å². The fourth-order valence-corrected chi connectivity index (χ4v) is 3.21. The van der Waals surface area contributed by atoms with E-state index in [2.05, 4.69) is 34.2 Å². The summed E-state index contributed by atoms with van der Waals surface area (Å²) in [5, 5.41) is 3.50. The third-order valence-corrected chi connectivity index (χ3v) is 4.68. The van der Waals surface area contributed by atoms with Gasteiger partial charge in [0.15, 0.2) is 0 Å². The molecular weight excluding hydrogens is 342 g/mol. The summed E-state index contributed by atoms with van der Waals surface area (Å²) >= 11 is 0. The van der Waals surface area contributed by atoms with Crippen LogP contribution in [0.15, 0.2) is 89.9 Å². The number of benzene rings is 3. The fraction of sp³-hybridized carbons (Fsp3) is 0.160. The molecule has 0 bridgehead atoms. The zero-order chi connectivity index (χ0) is 19.0. The highest BCUT2D eigenvalue weighted by molar-refractivity contribution is 5.95. The van der Waals surface area contributed by atoms with Gasteiger partial charge in [0.1, 0.15) is 0 Å². The van der Waals surface area contributed by atoms with E-state index >= 15 is 0 Å². The minimum Gasteiger partial charge on any atom is -0.342 e. The smallest absolute Gasteiger partial charge is 0.203 e. The standard InChI is InChI=1S/C25H23N3/c1-3-11-21(12-4-1)17-18-22-13-7-8-16-24(22)27-25(28-19-9-10-20-28)26-23-14-5-2-6-15-23/h1-8,11-16H,9-10,19-20H2,(H,26,27). The van der Waals surface area contributed by atoms with E-state index in [-0.39, 0.29) is 0 Å². The first-order valence-corrected chi connectivity index (χ1v) is 9.70. The van der Waals surface area contributed by atoms with Gasteiger partial charge >= 0.3 is 0 Å². The summed E-state index contributed by atoms with van der Waals surface area (Å²) in [5.41, 5.74) is 3.86. The van der Waals surface area contributed by atoms with E-state index in [0.29, 0.717) is 0 Å². The van der Waals surface area contributed by atoms with Crippen LogP contribution >= 0.6 is 0 Å². The van der Waals surface area contributed by atoms with Crippen molar-refractivity contribution in [2.45, 2.75) is 12.8 Å². The molecule has 3 heteroatoms. The normalized spacial score (nSPS) is 13.7. The lowest BCUT2D eigenvalue weighted by Gasteiger charge is -2.21. The molecule has 1 heterocycles. The van der Waals surface area contributed by atoms with Gasteiger partial charge in [-0.3, -0.25) is 0 Å². The topological polar surface area (TPSA) is 27.6 Å². The Labute approximate surface area is 166 Å². The van der Waals surface area contributed by atoms with Crippen LogP contribution in [0, 0.1) is 11.8 Å². The summed E-state index contributed by atoms with van der Waals surface area (Å²) in [6, 6.07) is 28.3. The number of guanidine groups is 1. The molecule has 4 rings (SSSR count). The van der Waals surface area contributed by atoms with Gasteiger partial charge in [-0.05, 0) is 49.2 Å². The molecule has 0 saturated carbocycles. The molecule has 0 aromatic heterocycles. The molecule has 0 unspecified atom stereocenters.